The van der Waals surface area contributed by atoms with Crippen molar-refractivity contribution in [1.29, 1.82) is 0 Å². The number of aryl methyl sites for hydroxylation is 3. The smallest absolute Gasteiger partial charge is 0.280 e. The molecule has 37 heavy (non-hydrogen) atoms. The van der Waals surface area contributed by atoms with Gasteiger partial charge in [-0.2, -0.15) is 0 Å². The van der Waals surface area contributed by atoms with Crippen molar-refractivity contribution >= 4 is 34.6 Å². The summed E-state index contributed by atoms with van der Waals surface area (Å²) in [6.07, 6.45) is 7.65. The Hall–Kier alpha value is -3.96. The van der Waals surface area contributed by atoms with Crippen LogP contribution in [0.15, 0.2) is 39.9 Å². The first-order chi connectivity index (χ1) is 17.9. The summed E-state index contributed by atoms with van der Waals surface area (Å²) in [5, 5.41) is 19.1. The molecule has 4 aromatic rings. The number of carbonyl (C=O) groups excluding carboxylic acids is 1. The average molecular weight is 519 g/mol. The molecule has 0 bridgehead atoms. The van der Waals surface area contributed by atoms with Crippen LogP contribution in [0.5, 0.6) is 0 Å². The van der Waals surface area contributed by atoms with E-state index in [9.17, 15) is 14.7 Å². The minimum absolute atomic E-state index is 0.145. The van der Waals surface area contributed by atoms with Crippen molar-refractivity contribution in [3.05, 3.63) is 73.2 Å². The number of anilines is 3. The van der Waals surface area contributed by atoms with E-state index in [2.05, 4.69) is 20.9 Å². The monoisotopic (exact) mass is 518 g/mol. The van der Waals surface area contributed by atoms with Gasteiger partial charge in [-0.3, -0.25) is 20.0 Å². The predicted octanol–water partition coefficient (Wildman–Crippen LogP) is 3.58. The van der Waals surface area contributed by atoms with Crippen LogP contribution in [0, 0.1) is 6.92 Å². The zero-order valence-electron chi connectivity index (χ0n) is 20.5. The van der Waals surface area contributed by atoms with Crippen molar-refractivity contribution in [3.8, 4) is 11.1 Å². The van der Waals surface area contributed by atoms with E-state index in [-0.39, 0.29) is 18.1 Å². The van der Waals surface area contributed by atoms with E-state index in [0.29, 0.717) is 46.3 Å². The van der Waals surface area contributed by atoms with Gasteiger partial charge in [0.1, 0.15) is 11.4 Å². The number of aliphatic hydroxyl groups is 1. The highest BCUT2D eigenvalue weighted by Crippen LogP contribution is 2.38. The number of fused-ring (bicyclic) bond motifs is 3. The van der Waals surface area contributed by atoms with E-state index in [1.54, 1.807) is 60.9 Å². The van der Waals surface area contributed by atoms with Gasteiger partial charge in [-0.1, -0.05) is 5.16 Å². The van der Waals surface area contributed by atoms with Gasteiger partial charge in [0.15, 0.2) is 11.6 Å². The van der Waals surface area contributed by atoms with Crippen LogP contribution in [0.25, 0.3) is 11.1 Å². The normalized spacial score (nSPS) is 14.8. The maximum atomic E-state index is 13.1. The molecule has 0 atom stereocenters. The van der Waals surface area contributed by atoms with Gasteiger partial charge in [0.05, 0.1) is 18.0 Å². The Balaban J connectivity index is 1.40. The highest BCUT2D eigenvalue weighted by atomic mass is 32.1. The molecule has 0 radical (unpaired) electrons. The molecule has 4 aromatic heterocycles. The summed E-state index contributed by atoms with van der Waals surface area (Å²) < 4.78 is 6.57. The van der Waals surface area contributed by atoms with Crippen molar-refractivity contribution in [2.24, 2.45) is 7.05 Å². The average Bonchev–Trinajstić information content (AvgIpc) is 3.49. The van der Waals surface area contributed by atoms with Crippen molar-refractivity contribution < 1.29 is 14.4 Å². The van der Waals surface area contributed by atoms with Gasteiger partial charge >= 0.3 is 0 Å². The standard InChI is InChI=1S/C26H26N6O4S/c1-14-9-22(30-36-14)28-20-10-15(11-31(2)26(20)35)16-7-8-27-24(19(16)13-33)32-12-18-17-5-3-4-6-21(17)37-23(18)25(34)29-32/h7-11,33H,3-6,12-13H2,1-2H3,(H,28,30)(H,29,34). The Bertz CT molecular complexity index is 1590. The molecule has 0 saturated carbocycles. The second kappa shape index (κ2) is 9.16. The summed E-state index contributed by atoms with van der Waals surface area (Å²) in [4.78, 5) is 32.5. The van der Waals surface area contributed by atoms with Crippen LogP contribution in [-0.2, 0) is 33.0 Å². The van der Waals surface area contributed by atoms with E-state index >= 15 is 0 Å². The van der Waals surface area contributed by atoms with E-state index in [0.717, 1.165) is 36.1 Å². The Kier molecular flexibility index (Phi) is 5.81. The third-order valence-electron chi connectivity index (χ3n) is 6.87. The second-order valence-electron chi connectivity index (χ2n) is 9.37. The molecule has 2 aliphatic rings. The number of nitrogens with one attached hydrogen (secondary N) is 2. The first-order valence-electron chi connectivity index (χ1n) is 12.1. The van der Waals surface area contributed by atoms with Crippen LogP contribution in [0.1, 0.15) is 49.8 Å². The Morgan fingerprint density at radius 2 is 2.05 bits per heavy atom. The molecule has 10 nitrogen and oxygen atoms in total. The lowest BCUT2D eigenvalue weighted by atomic mass is 9.94. The van der Waals surface area contributed by atoms with Gasteiger partial charge in [0.2, 0.25) is 0 Å². The summed E-state index contributed by atoms with van der Waals surface area (Å²) in [5.74, 6) is 1.38. The summed E-state index contributed by atoms with van der Waals surface area (Å²) in [6.45, 7) is 1.96. The van der Waals surface area contributed by atoms with Crippen LogP contribution >= 0.6 is 11.3 Å². The Morgan fingerprint density at radius 3 is 2.84 bits per heavy atom. The molecule has 0 saturated heterocycles. The number of pyridine rings is 2. The molecule has 11 heteroatoms. The van der Waals surface area contributed by atoms with Crippen molar-refractivity contribution in [1.82, 2.24) is 20.1 Å². The molecule has 1 aliphatic heterocycles. The minimum Gasteiger partial charge on any atom is -0.392 e. The highest BCUT2D eigenvalue weighted by molar-refractivity contribution is 7.14. The second-order valence-corrected chi connectivity index (χ2v) is 10.5. The fraction of sp³-hybridized carbons (Fsp3) is 0.308. The van der Waals surface area contributed by atoms with Crippen molar-refractivity contribution in [2.75, 3.05) is 10.3 Å². The van der Waals surface area contributed by atoms with E-state index < -0.39 is 0 Å². The van der Waals surface area contributed by atoms with E-state index in [4.69, 9.17) is 4.52 Å². The van der Waals surface area contributed by atoms with Crippen LogP contribution in [-0.4, -0.2) is 25.7 Å². The lowest BCUT2D eigenvalue weighted by Crippen LogP contribution is -2.46. The zero-order chi connectivity index (χ0) is 25.7. The van der Waals surface area contributed by atoms with Crippen LogP contribution in [0.2, 0.25) is 0 Å². The number of aromatic nitrogens is 3. The SMILES string of the molecule is Cc1cc(Nc2cc(-c3ccnc(N4Cc5c(sc6c5CCCC6)C(=O)N4)c3CO)cn(C)c2=O)no1. The van der Waals surface area contributed by atoms with Gasteiger partial charge < -0.3 is 19.5 Å². The van der Waals surface area contributed by atoms with Crippen molar-refractivity contribution in [2.45, 2.75) is 45.8 Å². The number of thiophene rings is 1. The first-order valence-corrected chi connectivity index (χ1v) is 13.0. The Labute approximate surface area is 216 Å². The van der Waals surface area contributed by atoms with Gasteiger partial charge in [0.25, 0.3) is 11.5 Å². The number of nitrogens with zero attached hydrogens (tertiary/aromatic N) is 4. The molecule has 1 amide bonds. The third-order valence-corrected chi connectivity index (χ3v) is 8.20. The van der Waals surface area contributed by atoms with E-state index in [1.807, 2.05) is 0 Å². The number of rotatable bonds is 5. The number of amides is 1. The molecule has 0 aromatic carbocycles. The summed E-state index contributed by atoms with van der Waals surface area (Å²) in [6, 6.07) is 5.21. The van der Waals surface area contributed by atoms with Crippen LogP contribution in [0.4, 0.5) is 17.3 Å². The van der Waals surface area contributed by atoms with Gasteiger partial charge in [0, 0.05) is 47.1 Å². The molecule has 3 N–H and O–H groups in total. The molecule has 5 heterocycles. The maximum Gasteiger partial charge on any atom is 0.280 e. The van der Waals surface area contributed by atoms with Gasteiger partial charge in [-0.25, -0.2) is 4.98 Å². The summed E-state index contributed by atoms with van der Waals surface area (Å²) in [7, 11) is 1.66. The summed E-state index contributed by atoms with van der Waals surface area (Å²) in [5.41, 5.74) is 7.37. The molecular formula is C26H26N6O4S. The predicted molar refractivity (Wildman–Crippen MR) is 140 cm³/mol. The molecule has 0 unspecified atom stereocenters. The maximum absolute atomic E-state index is 13.1. The quantitative estimate of drug-likeness (QED) is 0.366. The third kappa shape index (κ3) is 4.09. The zero-order valence-corrected chi connectivity index (χ0v) is 21.3. The number of aliphatic hydroxyl groups excluding tert-OH is 1. The number of hydrogen-bond donors (Lipinski definition) is 3. The van der Waals surface area contributed by atoms with Gasteiger partial charge in [-0.15, -0.1) is 11.3 Å². The summed E-state index contributed by atoms with van der Waals surface area (Å²) >= 11 is 1.60. The van der Waals surface area contributed by atoms with Crippen LogP contribution < -0.4 is 21.3 Å². The van der Waals surface area contributed by atoms with E-state index in [1.165, 1.54) is 15.0 Å². The van der Waals surface area contributed by atoms with Crippen molar-refractivity contribution in [3.63, 3.8) is 0 Å². The lowest BCUT2D eigenvalue weighted by molar-refractivity contribution is 0.0942. The minimum atomic E-state index is -0.298. The number of hydrazine groups is 1. The Morgan fingerprint density at radius 1 is 1.22 bits per heavy atom. The topological polar surface area (TPSA) is 126 Å². The molecule has 1 aliphatic carbocycles. The highest BCUT2D eigenvalue weighted by Gasteiger charge is 2.32. The lowest BCUT2D eigenvalue weighted by Gasteiger charge is -2.31. The molecule has 0 fully saturated rings. The number of carbonyl (C=O) groups is 1. The fourth-order valence-corrected chi connectivity index (χ4v) is 6.42. The van der Waals surface area contributed by atoms with Crippen LogP contribution in [0.3, 0.4) is 0 Å². The number of hydrogen-bond acceptors (Lipinski definition) is 9. The largest absolute Gasteiger partial charge is 0.392 e. The van der Waals surface area contributed by atoms with Gasteiger partial charge in [-0.05, 0) is 55.9 Å². The first kappa shape index (κ1) is 23.4. The molecule has 6 rings (SSSR count). The molecule has 190 valence electrons. The molecule has 0 spiro atoms. The fourth-order valence-electron chi connectivity index (χ4n) is 5.13. The molecular weight excluding hydrogens is 492 g/mol.